The second kappa shape index (κ2) is 8.61. The lowest BCUT2D eigenvalue weighted by Crippen LogP contribution is -2.26. The number of nitrogen functional groups attached to an aromatic ring is 1. The summed E-state index contributed by atoms with van der Waals surface area (Å²) in [5, 5.41) is 16.1. The topological polar surface area (TPSA) is 133 Å². The van der Waals surface area contributed by atoms with Gasteiger partial charge in [0.05, 0.1) is 4.90 Å². The van der Waals surface area contributed by atoms with Crippen LogP contribution in [0.15, 0.2) is 59.5 Å². The molecule has 8 heteroatoms. The Kier molecular flexibility index (Phi) is 6.49. The summed E-state index contributed by atoms with van der Waals surface area (Å²) in [6, 6.07) is 13.1. The van der Waals surface area contributed by atoms with Crippen LogP contribution in [0, 0.1) is 5.41 Å². The van der Waals surface area contributed by atoms with Crippen LogP contribution in [-0.2, 0) is 21.2 Å². The van der Waals surface area contributed by atoms with Crippen LogP contribution in [0.1, 0.15) is 23.6 Å². The highest BCUT2D eigenvalue weighted by molar-refractivity contribution is 7.89. The molecule has 0 heterocycles. The highest BCUT2D eigenvalue weighted by Crippen LogP contribution is 2.15. The maximum absolute atomic E-state index is 12.3. The van der Waals surface area contributed by atoms with Crippen molar-refractivity contribution < 1.29 is 18.3 Å². The molecule has 0 saturated carbocycles. The van der Waals surface area contributed by atoms with E-state index in [4.69, 9.17) is 16.2 Å². The van der Waals surface area contributed by atoms with Gasteiger partial charge in [-0.25, -0.2) is 17.9 Å². The number of hydrogen-bond donors (Lipinski definition) is 4. The lowest BCUT2D eigenvalue weighted by atomic mass is 10.0. The van der Waals surface area contributed by atoms with Gasteiger partial charge in [-0.3, -0.25) is 5.41 Å². The van der Waals surface area contributed by atoms with Gasteiger partial charge in [0, 0.05) is 18.2 Å². The third kappa shape index (κ3) is 5.77. The molecule has 0 aliphatic carbocycles. The first-order valence-corrected chi connectivity index (χ1v) is 9.62. The van der Waals surface area contributed by atoms with Crippen LogP contribution in [0.25, 0.3) is 5.57 Å². The highest BCUT2D eigenvalue weighted by Gasteiger charge is 2.13. The van der Waals surface area contributed by atoms with Gasteiger partial charge < -0.3 is 10.8 Å². The Morgan fingerprint density at radius 3 is 2.19 bits per heavy atom. The standard InChI is InChI=1S/C19H21N3O4S/c1-13(12-18(23)24)15-4-2-14(3-5-15)10-11-22-27(25,26)17-8-6-16(7-9-17)19(20)21/h2-9,12,22H,10-11H2,1H3,(H3,20,21)(H,23,24)/b13-12+. The smallest absolute Gasteiger partial charge is 0.328 e. The summed E-state index contributed by atoms with van der Waals surface area (Å²) >= 11 is 0. The number of amidine groups is 1. The molecule has 0 aliphatic heterocycles. The van der Waals surface area contributed by atoms with E-state index in [0.29, 0.717) is 17.6 Å². The van der Waals surface area contributed by atoms with E-state index in [1.807, 2.05) is 12.1 Å². The van der Waals surface area contributed by atoms with E-state index in [1.165, 1.54) is 24.3 Å². The van der Waals surface area contributed by atoms with E-state index in [2.05, 4.69) is 4.72 Å². The normalized spacial score (nSPS) is 12.0. The molecule has 2 aromatic carbocycles. The SMILES string of the molecule is C/C(=C\C(=O)O)c1ccc(CCNS(=O)(=O)c2ccc(C(=N)N)cc2)cc1. The van der Waals surface area contributed by atoms with Crippen molar-refractivity contribution >= 4 is 27.4 Å². The summed E-state index contributed by atoms with van der Waals surface area (Å²) in [6.45, 7) is 1.94. The fourth-order valence-electron chi connectivity index (χ4n) is 2.43. The lowest BCUT2D eigenvalue weighted by Gasteiger charge is -2.08. The average Bonchev–Trinajstić information content (AvgIpc) is 2.61. The van der Waals surface area contributed by atoms with E-state index < -0.39 is 16.0 Å². The fourth-order valence-corrected chi connectivity index (χ4v) is 3.46. The molecule has 0 unspecified atom stereocenters. The molecule has 0 aromatic heterocycles. The van der Waals surface area contributed by atoms with Crippen LogP contribution < -0.4 is 10.5 Å². The summed E-state index contributed by atoms with van der Waals surface area (Å²) in [5.41, 5.74) is 8.18. The highest BCUT2D eigenvalue weighted by atomic mass is 32.2. The quantitative estimate of drug-likeness (QED) is 0.312. The molecule has 5 N–H and O–H groups in total. The molecule has 2 aromatic rings. The number of allylic oxidation sites excluding steroid dienone is 1. The van der Waals surface area contributed by atoms with Gasteiger partial charge in [0.1, 0.15) is 5.84 Å². The van der Waals surface area contributed by atoms with Gasteiger partial charge in [-0.2, -0.15) is 0 Å². The zero-order chi connectivity index (χ0) is 20.0. The minimum Gasteiger partial charge on any atom is -0.478 e. The third-order valence-electron chi connectivity index (χ3n) is 3.93. The molecule has 0 saturated heterocycles. The second-order valence-corrected chi connectivity index (χ2v) is 7.72. The van der Waals surface area contributed by atoms with E-state index in [-0.39, 0.29) is 17.3 Å². The first-order valence-electron chi connectivity index (χ1n) is 8.14. The largest absolute Gasteiger partial charge is 0.478 e. The third-order valence-corrected chi connectivity index (χ3v) is 5.41. The van der Waals surface area contributed by atoms with Crippen molar-refractivity contribution in [2.24, 2.45) is 5.73 Å². The molecule has 0 amide bonds. The number of aliphatic carboxylic acids is 1. The van der Waals surface area contributed by atoms with Crippen LogP contribution >= 0.6 is 0 Å². The molecule has 7 nitrogen and oxygen atoms in total. The number of hydrogen-bond acceptors (Lipinski definition) is 4. The first-order chi connectivity index (χ1) is 12.7. The number of sulfonamides is 1. The van der Waals surface area contributed by atoms with Crippen LogP contribution in [0.3, 0.4) is 0 Å². The second-order valence-electron chi connectivity index (χ2n) is 5.95. The van der Waals surface area contributed by atoms with Gasteiger partial charge in [0.2, 0.25) is 10.0 Å². The summed E-state index contributed by atoms with van der Waals surface area (Å²) < 4.78 is 27.1. The van der Waals surface area contributed by atoms with Gasteiger partial charge in [-0.1, -0.05) is 24.3 Å². The Morgan fingerprint density at radius 2 is 1.67 bits per heavy atom. The van der Waals surface area contributed by atoms with Gasteiger partial charge in [-0.15, -0.1) is 0 Å². The van der Waals surface area contributed by atoms with Crippen molar-refractivity contribution in [3.05, 3.63) is 71.3 Å². The van der Waals surface area contributed by atoms with Gasteiger partial charge >= 0.3 is 5.97 Å². The molecule has 0 bridgehead atoms. The summed E-state index contributed by atoms with van der Waals surface area (Å²) in [6.07, 6.45) is 1.63. The zero-order valence-electron chi connectivity index (χ0n) is 14.8. The predicted octanol–water partition coefficient (Wildman–Crippen LogP) is 1.98. The number of rotatable bonds is 8. The molecule has 0 fully saturated rings. The summed E-state index contributed by atoms with van der Waals surface area (Å²) in [5.74, 6) is -1.12. The molecule has 0 spiro atoms. The van der Waals surface area contributed by atoms with Crippen molar-refractivity contribution in [1.29, 1.82) is 5.41 Å². The van der Waals surface area contributed by atoms with Crippen LogP contribution in [0.5, 0.6) is 0 Å². The maximum Gasteiger partial charge on any atom is 0.328 e. The first kappa shape index (κ1) is 20.3. The van der Waals surface area contributed by atoms with E-state index >= 15 is 0 Å². The van der Waals surface area contributed by atoms with E-state index in [1.54, 1.807) is 19.1 Å². The Balaban J connectivity index is 1.97. The Morgan fingerprint density at radius 1 is 1.11 bits per heavy atom. The van der Waals surface area contributed by atoms with Crippen molar-refractivity contribution in [2.75, 3.05) is 6.54 Å². The average molecular weight is 387 g/mol. The van der Waals surface area contributed by atoms with Crippen LogP contribution in [-0.4, -0.2) is 31.9 Å². The van der Waals surface area contributed by atoms with Gasteiger partial charge in [-0.05, 0) is 54.3 Å². The summed E-state index contributed by atoms with van der Waals surface area (Å²) in [4.78, 5) is 10.8. The van der Waals surface area contributed by atoms with E-state index in [0.717, 1.165) is 17.2 Å². The Hall–Kier alpha value is -2.97. The molecule has 0 radical (unpaired) electrons. The lowest BCUT2D eigenvalue weighted by molar-refractivity contribution is -0.131. The molecular weight excluding hydrogens is 366 g/mol. The number of carbonyl (C=O) groups is 1. The van der Waals surface area contributed by atoms with E-state index in [9.17, 15) is 13.2 Å². The number of carboxylic acid groups (broad SMARTS) is 1. The monoisotopic (exact) mass is 387 g/mol. The molecule has 0 aliphatic rings. The number of nitrogens with two attached hydrogens (primary N) is 1. The van der Waals surface area contributed by atoms with Crippen LogP contribution in [0.4, 0.5) is 0 Å². The number of carboxylic acids is 1. The fraction of sp³-hybridized carbons (Fsp3) is 0.158. The van der Waals surface area contributed by atoms with Gasteiger partial charge in [0.15, 0.2) is 0 Å². The van der Waals surface area contributed by atoms with Crippen molar-refractivity contribution in [3.8, 4) is 0 Å². The Bertz CT molecular complexity index is 963. The minimum absolute atomic E-state index is 0.109. The summed E-state index contributed by atoms with van der Waals surface area (Å²) in [7, 11) is -3.64. The predicted molar refractivity (Wildman–Crippen MR) is 104 cm³/mol. The molecule has 0 atom stereocenters. The molecular formula is C19H21N3O4S. The number of benzene rings is 2. The maximum atomic E-state index is 12.3. The zero-order valence-corrected chi connectivity index (χ0v) is 15.6. The van der Waals surface area contributed by atoms with Crippen molar-refractivity contribution in [3.63, 3.8) is 0 Å². The minimum atomic E-state index is -3.64. The number of nitrogens with one attached hydrogen (secondary N) is 2. The molecule has 27 heavy (non-hydrogen) atoms. The Labute approximate surface area is 158 Å². The van der Waals surface area contributed by atoms with Gasteiger partial charge in [0.25, 0.3) is 0 Å². The molecule has 142 valence electrons. The molecule has 2 rings (SSSR count). The van der Waals surface area contributed by atoms with Crippen molar-refractivity contribution in [2.45, 2.75) is 18.2 Å². The van der Waals surface area contributed by atoms with Crippen molar-refractivity contribution in [1.82, 2.24) is 4.72 Å². The van der Waals surface area contributed by atoms with Crippen LogP contribution in [0.2, 0.25) is 0 Å².